The van der Waals surface area contributed by atoms with Crippen LogP contribution in [0.2, 0.25) is 0 Å². The SMILES string of the molecule is Cc1nccc(N(C)CC2(O)CCCC2)n1. The highest BCUT2D eigenvalue weighted by atomic mass is 16.3. The van der Waals surface area contributed by atoms with Gasteiger partial charge in [0.25, 0.3) is 0 Å². The van der Waals surface area contributed by atoms with Crippen LogP contribution in [-0.2, 0) is 0 Å². The molecule has 1 aliphatic carbocycles. The Morgan fingerprint density at radius 1 is 1.44 bits per heavy atom. The topological polar surface area (TPSA) is 49.2 Å². The summed E-state index contributed by atoms with van der Waals surface area (Å²) < 4.78 is 0. The summed E-state index contributed by atoms with van der Waals surface area (Å²) in [5.74, 6) is 1.65. The standard InChI is InChI=1S/C12H19N3O/c1-10-13-8-5-11(14-10)15(2)9-12(16)6-3-4-7-12/h5,8,16H,3-4,6-7,9H2,1-2H3. The van der Waals surface area contributed by atoms with Crippen LogP contribution in [0.25, 0.3) is 0 Å². The maximum absolute atomic E-state index is 10.3. The first kappa shape index (κ1) is 11.3. The molecule has 2 rings (SSSR count). The van der Waals surface area contributed by atoms with Crippen molar-refractivity contribution < 1.29 is 5.11 Å². The van der Waals surface area contributed by atoms with Gasteiger partial charge in [0.2, 0.25) is 0 Å². The molecule has 0 aromatic carbocycles. The minimum Gasteiger partial charge on any atom is -0.388 e. The van der Waals surface area contributed by atoms with Crippen LogP contribution in [0.3, 0.4) is 0 Å². The van der Waals surface area contributed by atoms with Gasteiger partial charge in [-0.3, -0.25) is 0 Å². The summed E-state index contributed by atoms with van der Waals surface area (Å²) in [4.78, 5) is 10.4. The van der Waals surface area contributed by atoms with E-state index in [0.29, 0.717) is 6.54 Å². The number of likely N-dealkylation sites (N-methyl/N-ethyl adjacent to an activating group) is 1. The molecule has 88 valence electrons. The van der Waals surface area contributed by atoms with E-state index in [9.17, 15) is 5.11 Å². The van der Waals surface area contributed by atoms with Crippen LogP contribution in [0.4, 0.5) is 5.82 Å². The molecule has 4 heteroatoms. The van der Waals surface area contributed by atoms with Crippen LogP contribution < -0.4 is 4.90 Å². The van der Waals surface area contributed by atoms with E-state index < -0.39 is 5.60 Å². The molecule has 0 aliphatic heterocycles. The van der Waals surface area contributed by atoms with Gasteiger partial charge < -0.3 is 10.0 Å². The van der Waals surface area contributed by atoms with E-state index in [-0.39, 0.29) is 0 Å². The summed E-state index contributed by atoms with van der Waals surface area (Å²) in [7, 11) is 1.97. The third kappa shape index (κ3) is 2.50. The maximum atomic E-state index is 10.3. The predicted octanol–water partition coefficient (Wildman–Crippen LogP) is 1.53. The Kier molecular flexibility index (Phi) is 3.10. The molecule has 0 saturated heterocycles. The summed E-state index contributed by atoms with van der Waals surface area (Å²) in [6, 6.07) is 1.88. The van der Waals surface area contributed by atoms with Gasteiger partial charge in [0.05, 0.1) is 5.60 Å². The van der Waals surface area contributed by atoms with Crippen LogP contribution in [-0.4, -0.2) is 34.3 Å². The van der Waals surface area contributed by atoms with Crippen molar-refractivity contribution in [3.05, 3.63) is 18.1 Å². The second-order valence-electron chi connectivity index (χ2n) is 4.75. The summed E-state index contributed by atoms with van der Waals surface area (Å²) in [5, 5.41) is 10.3. The van der Waals surface area contributed by atoms with E-state index in [0.717, 1.165) is 37.3 Å². The predicted molar refractivity (Wildman–Crippen MR) is 63.5 cm³/mol. The zero-order chi connectivity index (χ0) is 11.6. The van der Waals surface area contributed by atoms with Gasteiger partial charge in [-0.25, -0.2) is 9.97 Å². The smallest absolute Gasteiger partial charge is 0.132 e. The van der Waals surface area contributed by atoms with E-state index in [1.54, 1.807) is 6.20 Å². The minimum absolute atomic E-state index is 0.520. The van der Waals surface area contributed by atoms with Crippen LogP contribution in [0.15, 0.2) is 12.3 Å². The van der Waals surface area contributed by atoms with E-state index in [1.807, 2.05) is 24.9 Å². The number of aromatic nitrogens is 2. The van der Waals surface area contributed by atoms with Crippen LogP contribution in [0, 0.1) is 6.92 Å². The second-order valence-corrected chi connectivity index (χ2v) is 4.75. The first-order valence-electron chi connectivity index (χ1n) is 5.82. The Morgan fingerprint density at radius 2 is 2.12 bits per heavy atom. The Labute approximate surface area is 96.3 Å². The molecule has 1 N–H and O–H groups in total. The Balaban J connectivity index is 2.05. The van der Waals surface area contributed by atoms with Gasteiger partial charge in [-0.2, -0.15) is 0 Å². The molecular formula is C12H19N3O. The quantitative estimate of drug-likeness (QED) is 0.841. The van der Waals surface area contributed by atoms with Crippen LogP contribution >= 0.6 is 0 Å². The fourth-order valence-electron chi connectivity index (χ4n) is 2.37. The summed E-state index contributed by atoms with van der Waals surface area (Å²) in [6.07, 6.45) is 5.83. The Morgan fingerprint density at radius 3 is 2.75 bits per heavy atom. The number of rotatable bonds is 3. The van der Waals surface area contributed by atoms with Gasteiger partial charge in [-0.1, -0.05) is 12.8 Å². The third-order valence-electron chi connectivity index (χ3n) is 3.22. The van der Waals surface area contributed by atoms with E-state index in [4.69, 9.17) is 0 Å². The average Bonchev–Trinajstić information content (AvgIpc) is 2.65. The fraction of sp³-hybridized carbons (Fsp3) is 0.667. The molecular weight excluding hydrogens is 202 g/mol. The molecule has 1 fully saturated rings. The lowest BCUT2D eigenvalue weighted by Gasteiger charge is -2.29. The van der Waals surface area contributed by atoms with Crippen molar-refractivity contribution in [3.63, 3.8) is 0 Å². The molecule has 1 aromatic rings. The van der Waals surface area contributed by atoms with E-state index in [1.165, 1.54) is 0 Å². The monoisotopic (exact) mass is 221 g/mol. The number of aliphatic hydroxyl groups is 1. The lowest BCUT2D eigenvalue weighted by molar-refractivity contribution is 0.0558. The number of aryl methyl sites for hydroxylation is 1. The highest BCUT2D eigenvalue weighted by molar-refractivity contribution is 5.36. The average molecular weight is 221 g/mol. The Bertz CT molecular complexity index is 361. The van der Waals surface area contributed by atoms with Gasteiger partial charge in [0.1, 0.15) is 11.6 Å². The van der Waals surface area contributed by atoms with Crippen LogP contribution in [0.1, 0.15) is 31.5 Å². The highest BCUT2D eigenvalue weighted by Gasteiger charge is 2.32. The molecule has 0 radical (unpaired) electrons. The molecule has 0 bridgehead atoms. The van der Waals surface area contributed by atoms with Gasteiger partial charge in [-0.05, 0) is 25.8 Å². The molecule has 16 heavy (non-hydrogen) atoms. The summed E-state index contributed by atoms with van der Waals surface area (Å²) in [5.41, 5.74) is -0.520. The second kappa shape index (κ2) is 4.37. The number of hydrogen-bond donors (Lipinski definition) is 1. The van der Waals surface area contributed by atoms with Crippen molar-refractivity contribution >= 4 is 5.82 Å². The van der Waals surface area contributed by atoms with Crippen LogP contribution in [0.5, 0.6) is 0 Å². The van der Waals surface area contributed by atoms with Gasteiger partial charge in [-0.15, -0.1) is 0 Å². The van der Waals surface area contributed by atoms with Crippen molar-refractivity contribution in [3.8, 4) is 0 Å². The zero-order valence-electron chi connectivity index (χ0n) is 9.98. The molecule has 1 heterocycles. The molecule has 0 amide bonds. The van der Waals surface area contributed by atoms with E-state index in [2.05, 4.69) is 9.97 Å². The lowest BCUT2D eigenvalue weighted by atomic mass is 10.0. The van der Waals surface area contributed by atoms with Gasteiger partial charge in [0, 0.05) is 19.8 Å². The third-order valence-corrected chi connectivity index (χ3v) is 3.22. The number of nitrogens with zero attached hydrogens (tertiary/aromatic N) is 3. The van der Waals surface area contributed by atoms with Crippen molar-refractivity contribution in [1.29, 1.82) is 0 Å². The summed E-state index contributed by atoms with van der Waals surface area (Å²) >= 11 is 0. The summed E-state index contributed by atoms with van der Waals surface area (Å²) in [6.45, 7) is 2.53. The first-order chi connectivity index (χ1) is 7.59. The van der Waals surface area contributed by atoms with Crippen molar-refractivity contribution in [2.75, 3.05) is 18.5 Å². The molecule has 1 aliphatic rings. The number of hydrogen-bond acceptors (Lipinski definition) is 4. The van der Waals surface area contributed by atoms with Crippen molar-refractivity contribution in [2.24, 2.45) is 0 Å². The molecule has 0 spiro atoms. The molecule has 1 aromatic heterocycles. The first-order valence-corrected chi connectivity index (χ1v) is 5.82. The maximum Gasteiger partial charge on any atom is 0.132 e. The lowest BCUT2D eigenvalue weighted by Crippen LogP contribution is -2.39. The normalized spacial score (nSPS) is 18.7. The highest BCUT2D eigenvalue weighted by Crippen LogP contribution is 2.30. The Hall–Kier alpha value is -1.16. The fourth-order valence-corrected chi connectivity index (χ4v) is 2.37. The molecule has 0 unspecified atom stereocenters. The van der Waals surface area contributed by atoms with Gasteiger partial charge in [0.15, 0.2) is 0 Å². The van der Waals surface area contributed by atoms with Crippen molar-refractivity contribution in [2.45, 2.75) is 38.2 Å². The number of anilines is 1. The minimum atomic E-state index is -0.520. The van der Waals surface area contributed by atoms with Crippen molar-refractivity contribution in [1.82, 2.24) is 9.97 Å². The molecule has 4 nitrogen and oxygen atoms in total. The molecule has 0 atom stereocenters. The zero-order valence-corrected chi connectivity index (χ0v) is 9.98. The van der Waals surface area contributed by atoms with E-state index >= 15 is 0 Å². The van der Waals surface area contributed by atoms with Gasteiger partial charge >= 0.3 is 0 Å². The largest absolute Gasteiger partial charge is 0.388 e. The molecule has 1 saturated carbocycles.